The lowest BCUT2D eigenvalue weighted by molar-refractivity contribution is 0.0253. The van der Waals surface area contributed by atoms with Crippen LogP contribution in [-0.4, -0.2) is 20.1 Å². The van der Waals surface area contributed by atoms with Gasteiger partial charge >= 0.3 is 5.97 Å². The molecule has 0 bridgehead atoms. The number of cyclic esters (lactones) is 1. The average Bonchev–Trinajstić information content (AvgIpc) is 3.51. The van der Waals surface area contributed by atoms with Crippen molar-refractivity contribution in [2.75, 3.05) is 0 Å². The van der Waals surface area contributed by atoms with Gasteiger partial charge in [0.25, 0.3) is 0 Å². The van der Waals surface area contributed by atoms with Gasteiger partial charge in [-0.3, -0.25) is 0 Å². The first-order chi connectivity index (χ1) is 18.5. The number of benzene rings is 2. The molecule has 6 rings (SSSR count). The molecule has 0 radical (unpaired) electrons. The van der Waals surface area contributed by atoms with E-state index in [0.717, 1.165) is 63.9 Å². The van der Waals surface area contributed by atoms with Crippen molar-refractivity contribution in [3.63, 3.8) is 0 Å². The Morgan fingerprint density at radius 2 is 1.42 bits per heavy atom. The third kappa shape index (κ3) is 3.37. The maximum absolute atomic E-state index is 13.6. The molecule has 0 fully saturated rings. The second-order valence-corrected chi connectivity index (χ2v) is 10.4. The Morgan fingerprint density at radius 1 is 0.789 bits per heavy atom. The van der Waals surface area contributed by atoms with E-state index in [2.05, 4.69) is 90.3 Å². The molecule has 1 aliphatic rings. The van der Waals surface area contributed by atoms with Crippen molar-refractivity contribution in [1.29, 1.82) is 0 Å². The van der Waals surface area contributed by atoms with E-state index >= 15 is 0 Å². The van der Waals surface area contributed by atoms with E-state index in [0.29, 0.717) is 5.69 Å². The highest BCUT2D eigenvalue weighted by molar-refractivity contribution is 6.00. The fourth-order valence-corrected chi connectivity index (χ4v) is 6.73. The standard InChI is InChI=1S/C33H35N3O2/c1-5-7-8-13-21-36-23(4)30(25-16-10-12-19-28(25)36)33(26-17-14-20-34-31(26)32(37)38-33)29-22(3)35(6-2)27-18-11-9-15-24(27)29/h9-12,14-20H,5-8,13,21H2,1-4H3. The van der Waals surface area contributed by atoms with Gasteiger partial charge in [0.15, 0.2) is 11.3 Å². The van der Waals surface area contributed by atoms with Crippen molar-refractivity contribution in [2.24, 2.45) is 0 Å². The van der Waals surface area contributed by atoms with E-state index in [9.17, 15) is 4.79 Å². The van der Waals surface area contributed by atoms with Gasteiger partial charge in [-0.05, 0) is 45.4 Å². The van der Waals surface area contributed by atoms with E-state index in [1.807, 2.05) is 12.1 Å². The van der Waals surface area contributed by atoms with E-state index < -0.39 is 5.60 Å². The molecule has 4 heterocycles. The summed E-state index contributed by atoms with van der Waals surface area (Å²) in [7, 11) is 0. The number of esters is 1. The van der Waals surface area contributed by atoms with Gasteiger partial charge in [-0.1, -0.05) is 68.7 Å². The fourth-order valence-electron chi connectivity index (χ4n) is 6.73. The Labute approximate surface area is 224 Å². The fraction of sp³-hybridized carbons (Fsp3) is 0.333. The monoisotopic (exact) mass is 505 g/mol. The Balaban J connectivity index is 1.73. The van der Waals surface area contributed by atoms with Crippen LogP contribution < -0.4 is 0 Å². The summed E-state index contributed by atoms with van der Waals surface area (Å²) in [4.78, 5) is 18.1. The number of aryl methyl sites for hydroxylation is 2. The predicted octanol–water partition coefficient (Wildman–Crippen LogP) is 7.67. The first-order valence-electron chi connectivity index (χ1n) is 13.9. The molecule has 1 atom stereocenters. The van der Waals surface area contributed by atoms with Crippen LogP contribution in [0.4, 0.5) is 0 Å². The van der Waals surface area contributed by atoms with Crippen LogP contribution in [0.25, 0.3) is 21.8 Å². The minimum Gasteiger partial charge on any atom is -0.439 e. The van der Waals surface area contributed by atoms with Crippen LogP contribution in [0.3, 0.4) is 0 Å². The number of nitrogens with zero attached hydrogens (tertiary/aromatic N) is 3. The molecule has 1 unspecified atom stereocenters. The number of carbonyl (C=O) groups is 1. The number of rotatable bonds is 8. The normalized spacial score (nSPS) is 16.9. The van der Waals surface area contributed by atoms with Crippen molar-refractivity contribution >= 4 is 27.8 Å². The van der Waals surface area contributed by atoms with Gasteiger partial charge < -0.3 is 13.9 Å². The Morgan fingerprint density at radius 3 is 2.08 bits per heavy atom. The van der Waals surface area contributed by atoms with Crippen LogP contribution in [0.15, 0.2) is 66.9 Å². The highest BCUT2D eigenvalue weighted by Gasteiger charge is 2.54. The molecule has 0 amide bonds. The van der Waals surface area contributed by atoms with Crippen LogP contribution >= 0.6 is 0 Å². The highest BCUT2D eigenvalue weighted by atomic mass is 16.6. The number of hydrogen-bond donors (Lipinski definition) is 0. The van der Waals surface area contributed by atoms with Crippen LogP contribution in [0, 0.1) is 13.8 Å². The Bertz CT molecular complexity index is 1670. The molecule has 0 spiro atoms. The second-order valence-electron chi connectivity index (χ2n) is 10.4. The topological polar surface area (TPSA) is 49.0 Å². The quantitative estimate of drug-likeness (QED) is 0.161. The number of fused-ring (bicyclic) bond motifs is 3. The zero-order valence-corrected chi connectivity index (χ0v) is 22.8. The first-order valence-corrected chi connectivity index (χ1v) is 13.9. The third-order valence-electron chi connectivity index (χ3n) is 8.34. The van der Waals surface area contributed by atoms with Gasteiger partial charge in [-0.15, -0.1) is 0 Å². The average molecular weight is 506 g/mol. The van der Waals surface area contributed by atoms with Gasteiger partial charge in [0, 0.05) is 69.2 Å². The summed E-state index contributed by atoms with van der Waals surface area (Å²) in [6, 6.07) is 21.0. The summed E-state index contributed by atoms with van der Waals surface area (Å²) in [6.45, 7) is 10.5. The lowest BCUT2D eigenvalue weighted by Gasteiger charge is -2.31. The summed E-state index contributed by atoms with van der Waals surface area (Å²) in [5.41, 5.74) is 6.79. The molecular formula is C33H35N3O2. The zero-order valence-electron chi connectivity index (χ0n) is 22.8. The Kier molecular flexibility index (Phi) is 6.10. The van der Waals surface area contributed by atoms with Crippen LogP contribution in [0.1, 0.15) is 78.1 Å². The van der Waals surface area contributed by atoms with Crippen molar-refractivity contribution in [2.45, 2.75) is 72.1 Å². The molecule has 0 N–H and O–H groups in total. The number of hydrogen-bond acceptors (Lipinski definition) is 3. The molecule has 5 nitrogen and oxygen atoms in total. The van der Waals surface area contributed by atoms with E-state index in [1.54, 1.807) is 6.20 Å². The maximum atomic E-state index is 13.6. The van der Waals surface area contributed by atoms with Gasteiger partial charge in [0.05, 0.1) is 0 Å². The number of para-hydroxylation sites is 2. The number of unbranched alkanes of at least 4 members (excludes halogenated alkanes) is 3. The third-order valence-corrected chi connectivity index (χ3v) is 8.34. The molecule has 38 heavy (non-hydrogen) atoms. The molecular weight excluding hydrogens is 470 g/mol. The predicted molar refractivity (Wildman–Crippen MR) is 153 cm³/mol. The maximum Gasteiger partial charge on any atom is 0.358 e. The molecule has 194 valence electrons. The summed E-state index contributed by atoms with van der Waals surface area (Å²) in [5, 5.41) is 2.23. The van der Waals surface area contributed by atoms with Gasteiger partial charge in [-0.2, -0.15) is 0 Å². The lowest BCUT2D eigenvalue weighted by atomic mass is 9.78. The molecule has 3 aromatic heterocycles. The van der Waals surface area contributed by atoms with Crippen molar-refractivity contribution in [1.82, 2.24) is 14.1 Å². The second kappa shape index (κ2) is 9.46. The van der Waals surface area contributed by atoms with E-state index in [-0.39, 0.29) is 5.97 Å². The van der Waals surface area contributed by atoms with Crippen LogP contribution in [-0.2, 0) is 23.4 Å². The zero-order chi connectivity index (χ0) is 26.4. The molecule has 0 aliphatic carbocycles. The van der Waals surface area contributed by atoms with Gasteiger partial charge in [-0.25, -0.2) is 9.78 Å². The number of ether oxygens (including phenoxy) is 1. The van der Waals surface area contributed by atoms with Crippen molar-refractivity contribution in [3.8, 4) is 0 Å². The Hall–Kier alpha value is -3.86. The minimum atomic E-state index is -1.09. The van der Waals surface area contributed by atoms with Crippen molar-refractivity contribution < 1.29 is 9.53 Å². The molecule has 5 aromatic rings. The lowest BCUT2D eigenvalue weighted by Crippen LogP contribution is -2.31. The largest absolute Gasteiger partial charge is 0.439 e. The number of pyridine rings is 1. The number of carbonyl (C=O) groups excluding carboxylic acids is 1. The van der Waals surface area contributed by atoms with E-state index in [1.165, 1.54) is 24.8 Å². The summed E-state index contributed by atoms with van der Waals surface area (Å²) < 4.78 is 11.4. The summed E-state index contributed by atoms with van der Waals surface area (Å²) in [6.07, 6.45) is 6.45. The minimum absolute atomic E-state index is 0.368. The van der Waals surface area contributed by atoms with Crippen LogP contribution in [0.5, 0.6) is 0 Å². The molecule has 1 aliphatic heterocycles. The van der Waals surface area contributed by atoms with Gasteiger partial charge in [0.2, 0.25) is 0 Å². The van der Waals surface area contributed by atoms with Crippen molar-refractivity contribution in [3.05, 3.63) is 101 Å². The SMILES string of the molecule is CCCCCCn1c(C)c(C2(c3c(C)n(CC)c4ccccc34)OC(=O)c3ncccc32)c2ccccc21. The van der Waals surface area contributed by atoms with E-state index in [4.69, 9.17) is 4.74 Å². The highest BCUT2D eigenvalue weighted by Crippen LogP contribution is 2.53. The van der Waals surface area contributed by atoms with Gasteiger partial charge in [0.1, 0.15) is 0 Å². The molecule has 0 saturated heterocycles. The summed E-state index contributed by atoms with van der Waals surface area (Å²) in [5.74, 6) is -0.368. The molecule has 5 heteroatoms. The molecule has 2 aromatic carbocycles. The number of aromatic nitrogens is 3. The first kappa shape index (κ1) is 24.5. The smallest absolute Gasteiger partial charge is 0.358 e. The molecule has 0 saturated carbocycles. The summed E-state index contributed by atoms with van der Waals surface area (Å²) >= 11 is 0. The van der Waals surface area contributed by atoms with Crippen LogP contribution in [0.2, 0.25) is 0 Å².